The molecule has 1 rings (SSSR count). The van der Waals surface area contributed by atoms with Crippen molar-refractivity contribution in [3.8, 4) is 0 Å². The van der Waals surface area contributed by atoms with Gasteiger partial charge in [-0.3, -0.25) is 4.79 Å². The zero-order valence-corrected chi connectivity index (χ0v) is 10.9. The standard InChI is InChI=1S/C14H21FN2O/c1-10(16)6-5-9-14(18)17-11(2)12-7-3-4-8-13(12)15/h3-4,7-8,10-11H,5-6,9,16H2,1-2H3,(H,17,18)/t10?,11-/m1/s1. The molecule has 18 heavy (non-hydrogen) atoms. The Kier molecular flexibility index (Phi) is 5.78. The Bertz CT molecular complexity index is 393. The van der Waals surface area contributed by atoms with Crippen molar-refractivity contribution in [3.05, 3.63) is 35.6 Å². The molecule has 1 aromatic carbocycles. The van der Waals surface area contributed by atoms with Crippen LogP contribution in [0.3, 0.4) is 0 Å². The van der Waals surface area contributed by atoms with Crippen LogP contribution in [0.2, 0.25) is 0 Å². The summed E-state index contributed by atoms with van der Waals surface area (Å²) in [6, 6.07) is 6.28. The van der Waals surface area contributed by atoms with Crippen molar-refractivity contribution in [1.29, 1.82) is 0 Å². The largest absolute Gasteiger partial charge is 0.349 e. The first-order valence-electron chi connectivity index (χ1n) is 6.30. The number of carbonyl (C=O) groups excluding carboxylic acids is 1. The SMILES string of the molecule is CC(N)CCCC(=O)N[C@H](C)c1ccccc1F. The highest BCUT2D eigenvalue weighted by Gasteiger charge is 2.12. The molecule has 0 bridgehead atoms. The molecule has 0 heterocycles. The number of amides is 1. The minimum Gasteiger partial charge on any atom is -0.349 e. The van der Waals surface area contributed by atoms with Gasteiger partial charge in [-0.1, -0.05) is 18.2 Å². The first kappa shape index (κ1) is 14.6. The number of hydrogen-bond acceptors (Lipinski definition) is 2. The molecule has 2 atom stereocenters. The van der Waals surface area contributed by atoms with Gasteiger partial charge in [-0.25, -0.2) is 4.39 Å². The maximum absolute atomic E-state index is 13.5. The van der Waals surface area contributed by atoms with Crippen molar-refractivity contribution in [2.75, 3.05) is 0 Å². The molecule has 0 aliphatic carbocycles. The molecule has 1 unspecified atom stereocenters. The minimum atomic E-state index is -0.311. The smallest absolute Gasteiger partial charge is 0.220 e. The second-order valence-corrected chi connectivity index (χ2v) is 4.68. The predicted molar refractivity (Wildman–Crippen MR) is 70.5 cm³/mol. The first-order chi connectivity index (χ1) is 8.50. The van der Waals surface area contributed by atoms with Gasteiger partial charge in [-0.2, -0.15) is 0 Å². The van der Waals surface area contributed by atoms with Crippen LogP contribution in [0.15, 0.2) is 24.3 Å². The van der Waals surface area contributed by atoms with E-state index in [9.17, 15) is 9.18 Å². The summed E-state index contributed by atoms with van der Waals surface area (Å²) in [5.41, 5.74) is 6.12. The molecule has 0 radical (unpaired) electrons. The second kappa shape index (κ2) is 7.11. The van der Waals surface area contributed by atoms with E-state index in [2.05, 4.69) is 5.32 Å². The average Bonchev–Trinajstić information content (AvgIpc) is 2.28. The Morgan fingerprint density at radius 2 is 2.06 bits per heavy atom. The monoisotopic (exact) mass is 252 g/mol. The van der Waals surface area contributed by atoms with Crippen LogP contribution in [-0.2, 0) is 4.79 Å². The molecule has 3 nitrogen and oxygen atoms in total. The van der Waals surface area contributed by atoms with Crippen molar-refractivity contribution in [3.63, 3.8) is 0 Å². The van der Waals surface area contributed by atoms with Crippen LogP contribution in [0.4, 0.5) is 4.39 Å². The summed E-state index contributed by atoms with van der Waals surface area (Å²) in [4.78, 5) is 11.6. The lowest BCUT2D eigenvalue weighted by Crippen LogP contribution is -2.27. The van der Waals surface area contributed by atoms with Gasteiger partial charge >= 0.3 is 0 Å². The lowest BCUT2D eigenvalue weighted by molar-refractivity contribution is -0.121. The summed E-state index contributed by atoms with van der Waals surface area (Å²) in [6.07, 6.45) is 2.01. The number of nitrogens with two attached hydrogens (primary N) is 1. The van der Waals surface area contributed by atoms with E-state index < -0.39 is 0 Å². The molecule has 0 spiro atoms. The van der Waals surface area contributed by atoms with Crippen molar-refractivity contribution in [2.45, 2.75) is 45.2 Å². The summed E-state index contributed by atoms with van der Waals surface area (Å²) in [6.45, 7) is 3.70. The molecule has 0 aliphatic rings. The van der Waals surface area contributed by atoms with Gasteiger partial charge in [0.15, 0.2) is 0 Å². The van der Waals surface area contributed by atoms with E-state index in [0.29, 0.717) is 12.0 Å². The fraction of sp³-hybridized carbons (Fsp3) is 0.500. The third-order valence-corrected chi connectivity index (χ3v) is 2.81. The maximum atomic E-state index is 13.5. The Hall–Kier alpha value is -1.42. The average molecular weight is 252 g/mol. The number of benzene rings is 1. The molecule has 0 saturated heterocycles. The van der Waals surface area contributed by atoms with E-state index in [0.717, 1.165) is 12.8 Å². The molecule has 0 saturated carbocycles. The molecule has 0 aliphatic heterocycles. The molecule has 0 aromatic heterocycles. The van der Waals surface area contributed by atoms with E-state index in [-0.39, 0.29) is 23.8 Å². The lowest BCUT2D eigenvalue weighted by Gasteiger charge is -2.15. The summed E-state index contributed by atoms with van der Waals surface area (Å²) < 4.78 is 13.5. The minimum absolute atomic E-state index is 0.0635. The maximum Gasteiger partial charge on any atom is 0.220 e. The zero-order chi connectivity index (χ0) is 13.5. The molecule has 100 valence electrons. The fourth-order valence-corrected chi connectivity index (χ4v) is 1.80. The van der Waals surface area contributed by atoms with Crippen LogP contribution in [0.25, 0.3) is 0 Å². The third kappa shape index (κ3) is 4.84. The van der Waals surface area contributed by atoms with Gasteiger partial charge in [0, 0.05) is 18.0 Å². The van der Waals surface area contributed by atoms with Crippen molar-refractivity contribution in [1.82, 2.24) is 5.32 Å². The van der Waals surface area contributed by atoms with Gasteiger partial charge in [-0.05, 0) is 32.8 Å². The zero-order valence-electron chi connectivity index (χ0n) is 10.9. The third-order valence-electron chi connectivity index (χ3n) is 2.81. The van der Waals surface area contributed by atoms with Gasteiger partial charge < -0.3 is 11.1 Å². The quantitative estimate of drug-likeness (QED) is 0.817. The van der Waals surface area contributed by atoms with E-state index in [1.54, 1.807) is 25.1 Å². The number of carbonyl (C=O) groups is 1. The fourth-order valence-electron chi connectivity index (χ4n) is 1.80. The van der Waals surface area contributed by atoms with Crippen molar-refractivity contribution in [2.24, 2.45) is 5.73 Å². The highest BCUT2D eigenvalue weighted by atomic mass is 19.1. The van der Waals surface area contributed by atoms with E-state index >= 15 is 0 Å². The predicted octanol–water partition coefficient (Wildman–Crippen LogP) is 2.52. The van der Waals surface area contributed by atoms with E-state index in [1.165, 1.54) is 6.07 Å². The summed E-state index contributed by atoms with van der Waals surface area (Å²) >= 11 is 0. The van der Waals surface area contributed by atoms with Crippen molar-refractivity contribution < 1.29 is 9.18 Å². The highest BCUT2D eigenvalue weighted by molar-refractivity contribution is 5.76. The topological polar surface area (TPSA) is 55.1 Å². The molecular weight excluding hydrogens is 231 g/mol. The normalized spacial score (nSPS) is 14.0. The Morgan fingerprint density at radius 3 is 2.67 bits per heavy atom. The molecule has 0 fully saturated rings. The van der Waals surface area contributed by atoms with Gasteiger partial charge in [0.25, 0.3) is 0 Å². The van der Waals surface area contributed by atoms with E-state index in [4.69, 9.17) is 5.73 Å². The summed E-state index contributed by atoms with van der Waals surface area (Å²) in [7, 11) is 0. The van der Waals surface area contributed by atoms with Crippen LogP contribution in [0.1, 0.15) is 44.7 Å². The number of rotatable bonds is 6. The van der Waals surface area contributed by atoms with Crippen molar-refractivity contribution >= 4 is 5.91 Å². The molecule has 1 amide bonds. The number of halogens is 1. The van der Waals surface area contributed by atoms with E-state index in [1.807, 2.05) is 6.92 Å². The van der Waals surface area contributed by atoms with Gasteiger partial charge in [-0.15, -0.1) is 0 Å². The number of hydrogen-bond donors (Lipinski definition) is 2. The van der Waals surface area contributed by atoms with Crippen LogP contribution >= 0.6 is 0 Å². The summed E-state index contributed by atoms with van der Waals surface area (Å²) in [5, 5.41) is 2.79. The Balaban J connectivity index is 2.42. The highest BCUT2D eigenvalue weighted by Crippen LogP contribution is 2.16. The number of nitrogens with one attached hydrogen (secondary N) is 1. The van der Waals surface area contributed by atoms with Gasteiger partial charge in [0.1, 0.15) is 5.82 Å². The van der Waals surface area contributed by atoms with Gasteiger partial charge in [0.2, 0.25) is 5.91 Å². The Morgan fingerprint density at radius 1 is 1.39 bits per heavy atom. The summed E-state index contributed by atoms with van der Waals surface area (Å²) in [5.74, 6) is -0.354. The van der Waals surface area contributed by atoms with Crippen LogP contribution in [0, 0.1) is 5.82 Å². The van der Waals surface area contributed by atoms with Gasteiger partial charge in [0.05, 0.1) is 6.04 Å². The lowest BCUT2D eigenvalue weighted by atomic mass is 10.1. The molecular formula is C14H21FN2O. The first-order valence-corrected chi connectivity index (χ1v) is 6.30. The van der Waals surface area contributed by atoms with Crippen LogP contribution < -0.4 is 11.1 Å². The molecule has 4 heteroatoms. The van der Waals surface area contributed by atoms with Crippen LogP contribution in [-0.4, -0.2) is 11.9 Å². The second-order valence-electron chi connectivity index (χ2n) is 4.68. The van der Waals surface area contributed by atoms with Crippen LogP contribution in [0.5, 0.6) is 0 Å². The molecule has 1 aromatic rings. The molecule has 3 N–H and O–H groups in total. The Labute approximate surface area is 108 Å².